The largest absolute Gasteiger partial charge is 0.481 e. The number of aromatic nitrogens is 3. The summed E-state index contributed by atoms with van der Waals surface area (Å²) in [6, 6.07) is 7.61. The fourth-order valence-corrected chi connectivity index (χ4v) is 4.22. The van der Waals surface area contributed by atoms with E-state index in [4.69, 9.17) is 19.1 Å². The molecule has 2 aromatic heterocycles. The van der Waals surface area contributed by atoms with Gasteiger partial charge in [0.05, 0.1) is 7.11 Å². The Morgan fingerprint density at radius 1 is 1.16 bits per heavy atom. The van der Waals surface area contributed by atoms with E-state index in [0.29, 0.717) is 35.7 Å². The van der Waals surface area contributed by atoms with E-state index < -0.39 is 5.97 Å². The highest BCUT2D eigenvalue weighted by Crippen LogP contribution is 2.36. The summed E-state index contributed by atoms with van der Waals surface area (Å²) in [4.78, 5) is 20.1. The molecule has 1 aliphatic carbocycles. The minimum Gasteiger partial charge on any atom is -0.481 e. The number of carboxylic acids is 1. The van der Waals surface area contributed by atoms with E-state index in [1.165, 1.54) is 12.8 Å². The summed E-state index contributed by atoms with van der Waals surface area (Å²) in [6.07, 6.45) is 5.38. The van der Waals surface area contributed by atoms with Gasteiger partial charge in [0.15, 0.2) is 6.61 Å². The zero-order valence-corrected chi connectivity index (χ0v) is 18.6. The van der Waals surface area contributed by atoms with Crippen molar-refractivity contribution < 1.29 is 23.9 Å². The summed E-state index contributed by atoms with van der Waals surface area (Å²) < 4.78 is 16.5. The van der Waals surface area contributed by atoms with Crippen molar-refractivity contribution in [2.45, 2.75) is 51.9 Å². The van der Waals surface area contributed by atoms with Crippen LogP contribution in [0.15, 0.2) is 28.8 Å². The molecular weight excluding hydrogens is 410 g/mol. The summed E-state index contributed by atoms with van der Waals surface area (Å²) in [6.45, 7) is 3.48. The van der Waals surface area contributed by atoms with Crippen molar-refractivity contribution in [3.05, 3.63) is 41.1 Å². The Hall–Kier alpha value is -3.42. The number of rotatable bonds is 8. The van der Waals surface area contributed by atoms with Crippen molar-refractivity contribution in [3.8, 4) is 34.5 Å². The molecule has 0 spiro atoms. The highest BCUT2D eigenvalue weighted by molar-refractivity contribution is 5.69. The van der Waals surface area contributed by atoms with Gasteiger partial charge in [-0.15, -0.1) is 0 Å². The molecule has 0 atom stereocenters. The summed E-state index contributed by atoms with van der Waals surface area (Å²) in [5, 5.41) is 13.1. The Labute approximate surface area is 186 Å². The van der Waals surface area contributed by atoms with Gasteiger partial charge in [-0.25, -0.2) is 9.78 Å². The van der Waals surface area contributed by atoms with Gasteiger partial charge in [0.1, 0.15) is 5.75 Å². The van der Waals surface area contributed by atoms with Crippen LogP contribution >= 0.6 is 0 Å². The molecule has 0 unspecified atom stereocenters. The van der Waals surface area contributed by atoms with E-state index in [2.05, 4.69) is 15.1 Å². The van der Waals surface area contributed by atoms with E-state index >= 15 is 0 Å². The maximum atomic E-state index is 10.9. The average molecular weight is 437 g/mol. The minimum atomic E-state index is -1.01. The van der Waals surface area contributed by atoms with Crippen LogP contribution < -0.4 is 9.47 Å². The van der Waals surface area contributed by atoms with Gasteiger partial charge in [-0.3, -0.25) is 0 Å². The summed E-state index contributed by atoms with van der Waals surface area (Å²) >= 11 is 0. The third-order valence-corrected chi connectivity index (χ3v) is 5.81. The number of hydrogen-bond donors (Lipinski definition) is 1. The first-order valence-corrected chi connectivity index (χ1v) is 10.9. The van der Waals surface area contributed by atoms with Gasteiger partial charge >= 0.3 is 5.97 Å². The van der Waals surface area contributed by atoms with Crippen molar-refractivity contribution in [1.82, 2.24) is 15.1 Å². The molecule has 0 saturated heterocycles. The van der Waals surface area contributed by atoms with E-state index in [1.54, 1.807) is 7.11 Å². The number of carboxylic acid groups (broad SMARTS) is 1. The smallest absolute Gasteiger partial charge is 0.341 e. The quantitative estimate of drug-likeness (QED) is 0.535. The lowest BCUT2D eigenvalue weighted by molar-refractivity contribution is -0.139. The predicted octanol–water partition coefficient (Wildman–Crippen LogP) is 4.80. The standard InChI is InChI=1S/C24H27N3O5/c1-4-15-10-18(9-14(2)22(15)31-13-21(28)29)24-26-23(27-32-24)17-11-19(16-7-5-6-8-16)25-20(12-17)30-3/h9-12,16H,4-8,13H2,1-3H3,(H,28,29). The van der Waals surface area contributed by atoms with Gasteiger partial charge in [0, 0.05) is 28.8 Å². The molecule has 1 aromatic carbocycles. The summed E-state index contributed by atoms with van der Waals surface area (Å²) in [5.41, 5.74) is 4.28. The Morgan fingerprint density at radius 3 is 2.62 bits per heavy atom. The maximum absolute atomic E-state index is 10.9. The number of aliphatic carboxylic acids is 1. The first kappa shape index (κ1) is 21.8. The lowest BCUT2D eigenvalue weighted by atomic mass is 10.0. The van der Waals surface area contributed by atoms with Crippen LogP contribution in [0, 0.1) is 6.92 Å². The molecule has 168 valence electrons. The SMILES string of the molecule is CCc1cc(-c2nc(-c3cc(OC)nc(C4CCCC4)c3)no2)cc(C)c1OCC(=O)O. The molecule has 8 heteroatoms. The molecule has 0 bridgehead atoms. The number of methoxy groups -OCH3 is 1. The number of nitrogens with zero attached hydrogens (tertiary/aromatic N) is 3. The first-order valence-electron chi connectivity index (χ1n) is 10.9. The molecule has 1 N–H and O–H groups in total. The highest BCUT2D eigenvalue weighted by Gasteiger charge is 2.22. The Balaban J connectivity index is 1.66. The van der Waals surface area contributed by atoms with Crippen LogP contribution in [0.5, 0.6) is 11.6 Å². The zero-order valence-electron chi connectivity index (χ0n) is 18.6. The number of benzene rings is 1. The third-order valence-electron chi connectivity index (χ3n) is 5.81. The zero-order chi connectivity index (χ0) is 22.7. The Morgan fingerprint density at radius 2 is 1.94 bits per heavy atom. The Kier molecular flexibility index (Phi) is 6.39. The molecule has 1 saturated carbocycles. The van der Waals surface area contributed by atoms with Gasteiger partial charge < -0.3 is 19.1 Å². The fraction of sp³-hybridized carbons (Fsp3) is 0.417. The predicted molar refractivity (Wildman–Crippen MR) is 118 cm³/mol. The second-order valence-corrected chi connectivity index (χ2v) is 8.04. The van der Waals surface area contributed by atoms with Gasteiger partial charge in [-0.05, 0) is 55.5 Å². The normalized spacial score (nSPS) is 14.0. The van der Waals surface area contributed by atoms with Crippen LogP contribution in [0.3, 0.4) is 0 Å². The molecule has 2 heterocycles. The van der Waals surface area contributed by atoms with Crippen LogP contribution in [-0.2, 0) is 11.2 Å². The van der Waals surface area contributed by atoms with Crippen molar-refractivity contribution >= 4 is 5.97 Å². The van der Waals surface area contributed by atoms with E-state index in [0.717, 1.165) is 40.8 Å². The number of aryl methyl sites for hydroxylation is 2. The molecule has 3 aromatic rings. The van der Waals surface area contributed by atoms with Gasteiger partial charge in [0.2, 0.25) is 11.7 Å². The number of carbonyl (C=O) groups is 1. The van der Waals surface area contributed by atoms with Crippen molar-refractivity contribution in [1.29, 1.82) is 0 Å². The molecule has 0 aliphatic heterocycles. The van der Waals surface area contributed by atoms with Crippen molar-refractivity contribution in [2.75, 3.05) is 13.7 Å². The lowest BCUT2D eigenvalue weighted by Gasteiger charge is -2.13. The molecule has 0 amide bonds. The molecule has 1 aliphatic rings. The van der Waals surface area contributed by atoms with E-state index in [9.17, 15) is 4.79 Å². The van der Waals surface area contributed by atoms with Gasteiger partial charge in [-0.1, -0.05) is 24.9 Å². The van der Waals surface area contributed by atoms with Gasteiger partial charge in [-0.2, -0.15) is 4.98 Å². The monoisotopic (exact) mass is 437 g/mol. The molecule has 8 nitrogen and oxygen atoms in total. The molecular formula is C24H27N3O5. The van der Waals surface area contributed by atoms with E-state index in [1.807, 2.05) is 38.1 Å². The van der Waals surface area contributed by atoms with Crippen molar-refractivity contribution in [3.63, 3.8) is 0 Å². The molecule has 0 radical (unpaired) electrons. The summed E-state index contributed by atoms with van der Waals surface area (Å²) in [7, 11) is 1.61. The topological polar surface area (TPSA) is 108 Å². The molecule has 32 heavy (non-hydrogen) atoms. The minimum absolute atomic E-state index is 0.384. The second kappa shape index (κ2) is 9.38. The van der Waals surface area contributed by atoms with Crippen LogP contribution in [-0.4, -0.2) is 39.9 Å². The molecule has 1 fully saturated rings. The third kappa shape index (κ3) is 4.59. The summed E-state index contributed by atoms with van der Waals surface area (Å²) in [5.74, 6) is 1.41. The second-order valence-electron chi connectivity index (χ2n) is 8.04. The van der Waals surface area contributed by atoms with Crippen LogP contribution in [0.4, 0.5) is 0 Å². The van der Waals surface area contributed by atoms with Crippen LogP contribution in [0.2, 0.25) is 0 Å². The average Bonchev–Trinajstić information content (AvgIpc) is 3.50. The highest BCUT2D eigenvalue weighted by atomic mass is 16.5. The van der Waals surface area contributed by atoms with Crippen LogP contribution in [0.25, 0.3) is 22.8 Å². The molecule has 4 rings (SSSR count). The number of hydrogen-bond acceptors (Lipinski definition) is 7. The lowest BCUT2D eigenvalue weighted by Crippen LogP contribution is -2.11. The maximum Gasteiger partial charge on any atom is 0.341 e. The Bertz CT molecular complexity index is 1120. The number of pyridine rings is 1. The van der Waals surface area contributed by atoms with Crippen molar-refractivity contribution in [2.24, 2.45) is 0 Å². The number of ether oxygens (including phenoxy) is 2. The van der Waals surface area contributed by atoms with Gasteiger partial charge in [0.25, 0.3) is 5.89 Å². The van der Waals surface area contributed by atoms with E-state index in [-0.39, 0.29) is 6.61 Å². The fourth-order valence-electron chi connectivity index (χ4n) is 4.22. The first-order chi connectivity index (χ1) is 15.5. The van der Waals surface area contributed by atoms with Crippen LogP contribution in [0.1, 0.15) is 55.3 Å².